The van der Waals surface area contributed by atoms with Crippen molar-refractivity contribution in [3.05, 3.63) is 167 Å². The molecular formula is C45H40BNO. The molecule has 48 heavy (non-hydrogen) atoms. The normalized spacial score (nSPS) is 15.1. The summed E-state index contributed by atoms with van der Waals surface area (Å²) in [6.07, 6.45) is 0. The Labute approximate surface area is 285 Å². The summed E-state index contributed by atoms with van der Waals surface area (Å²) in [6.45, 7) is 14.0. The topological polar surface area (TPSA) is 12.5 Å². The minimum atomic E-state index is -0.529. The zero-order valence-corrected chi connectivity index (χ0v) is 28.6. The van der Waals surface area contributed by atoms with Crippen LogP contribution in [0.4, 0.5) is 17.1 Å². The molecule has 0 aromatic heterocycles. The van der Waals surface area contributed by atoms with Crippen LogP contribution in [0.15, 0.2) is 133 Å². The maximum Gasteiger partial charge on any atom is 0.257 e. The molecule has 234 valence electrons. The maximum atomic E-state index is 6.93. The molecule has 0 saturated carbocycles. The van der Waals surface area contributed by atoms with E-state index in [9.17, 15) is 0 Å². The summed E-state index contributed by atoms with van der Waals surface area (Å²) in [6, 6.07) is 49.7. The molecule has 6 aromatic carbocycles. The lowest BCUT2D eigenvalue weighted by molar-refractivity contribution is 0.485. The van der Waals surface area contributed by atoms with Gasteiger partial charge in [-0.2, -0.15) is 0 Å². The van der Waals surface area contributed by atoms with Gasteiger partial charge in [0.25, 0.3) is 6.71 Å². The molecule has 0 saturated heterocycles. The van der Waals surface area contributed by atoms with Crippen molar-refractivity contribution < 1.29 is 4.74 Å². The van der Waals surface area contributed by atoms with Crippen molar-refractivity contribution in [1.29, 1.82) is 0 Å². The number of benzene rings is 6. The first-order valence-electron chi connectivity index (χ1n) is 17.2. The number of ether oxygens (including phenoxy) is 1. The van der Waals surface area contributed by atoms with Crippen LogP contribution in [0.3, 0.4) is 0 Å². The third-order valence-corrected chi connectivity index (χ3v) is 10.9. The molecule has 0 bridgehead atoms. The number of rotatable bonds is 3. The van der Waals surface area contributed by atoms with E-state index in [1.807, 2.05) is 0 Å². The van der Waals surface area contributed by atoms with Crippen LogP contribution >= 0.6 is 0 Å². The van der Waals surface area contributed by atoms with Gasteiger partial charge in [0.15, 0.2) is 0 Å². The van der Waals surface area contributed by atoms with Gasteiger partial charge in [0.05, 0.1) is 5.41 Å². The first-order valence-corrected chi connectivity index (χ1v) is 17.2. The summed E-state index contributed by atoms with van der Waals surface area (Å²) in [4.78, 5) is 2.53. The van der Waals surface area contributed by atoms with Gasteiger partial charge in [-0.15, -0.1) is 0 Å². The fourth-order valence-electron chi connectivity index (χ4n) is 8.62. The van der Waals surface area contributed by atoms with Crippen molar-refractivity contribution in [3.8, 4) is 11.5 Å². The van der Waals surface area contributed by atoms with E-state index in [2.05, 4.69) is 180 Å². The second-order valence-electron chi connectivity index (χ2n) is 15.8. The molecule has 0 radical (unpaired) electrons. The molecule has 3 heteroatoms. The van der Waals surface area contributed by atoms with Crippen LogP contribution in [-0.2, 0) is 16.2 Å². The number of anilines is 3. The standard InChI is InChI=1S/C45H40BNO/c1-43(2,3)31-26-32(44(4,5)6)28-33(27-31)47-36-22-13-20-34-40(36)46-41-35(21-14-24-38(41)48-39-25-15-23-37(47)42(39)46)45(34,29-16-9-7-10-17-29)30-18-11-8-12-19-30/h7-28H,1-6H3. The van der Waals surface area contributed by atoms with E-state index in [0.29, 0.717) is 0 Å². The number of hydrogen-bond donors (Lipinski definition) is 0. The first kappa shape index (κ1) is 29.1. The second kappa shape index (κ2) is 10.00. The molecule has 0 N–H and O–H groups in total. The third-order valence-electron chi connectivity index (χ3n) is 10.9. The molecule has 3 aliphatic heterocycles. The predicted octanol–water partition coefficient (Wildman–Crippen LogP) is 9.38. The van der Waals surface area contributed by atoms with E-state index in [0.717, 1.165) is 11.5 Å². The van der Waals surface area contributed by atoms with E-state index < -0.39 is 5.41 Å². The van der Waals surface area contributed by atoms with Crippen LogP contribution in [0.25, 0.3) is 0 Å². The molecule has 0 spiro atoms. The van der Waals surface area contributed by atoms with Gasteiger partial charge in [0.1, 0.15) is 11.5 Å². The van der Waals surface area contributed by atoms with E-state index in [1.165, 1.54) is 66.8 Å². The lowest BCUT2D eigenvalue weighted by Gasteiger charge is -2.50. The average molecular weight is 622 g/mol. The number of hydrogen-bond acceptors (Lipinski definition) is 2. The Morgan fingerprint density at radius 2 is 0.979 bits per heavy atom. The molecule has 0 unspecified atom stereocenters. The largest absolute Gasteiger partial charge is 0.458 e. The van der Waals surface area contributed by atoms with Gasteiger partial charge in [0.2, 0.25) is 0 Å². The van der Waals surface area contributed by atoms with Gasteiger partial charge in [-0.05, 0) is 97.0 Å². The van der Waals surface area contributed by atoms with Crippen LogP contribution in [0.1, 0.15) is 74.9 Å². The van der Waals surface area contributed by atoms with Crippen LogP contribution in [-0.4, -0.2) is 6.71 Å². The van der Waals surface area contributed by atoms with Crippen LogP contribution < -0.4 is 26.0 Å². The zero-order valence-electron chi connectivity index (χ0n) is 28.6. The summed E-state index contributed by atoms with van der Waals surface area (Å²) in [5, 5.41) is 0. The number of nitrogens with zero attached hydrogens (tertiary/aromatic N) is 1. The molecule has 0 amide bonds. The quantitative estimate of drug-likeness (QED) is 0.182. The monoisotopic (exact) mass is 621 g/mol. The van der Waals surface area contributed by atoms with Gasteiger partial charge < -0.3 is 9.64 Å². The Morgan fingerprint density at radius 3 is 1.54 bits per heavy atom. The van der Waals surface area contributed by atoms with Crippen molar-refractivity contribution in [2.24, 2.45) is 0 Å². The van der Waals surface area contributed by atoms with Crippen molar-refractivity contribution in [2.45, 2.75) is 57.8 Å². The Balaban J connectivity index is 1.44. The molecular weight excluding hydrogens is 581 g/mol. The minimum absolute atomic E-state index is 0.00666. The summed E-state index contributed by atoms with van der Waals surface area (Å²) < 4.78 is 6.93. The van der Waals surface area contributed by atoms with E-state index in [1.54, 1.807) is 0 Å². The SMILES string of the molecule is CC(C)(C)c1cc(N2c3cccc4c3B3c5c(cccc5C(c5ccccc5)(c5ccccc5)c5cccc2c53)O4)cc(C(C)(C)C)c1. The van der Waals surface area contributed by atoms with Crippen LogP contribution in [0.2, 0.25) is 0 Å². The van der Waals surface area contributed by atoms with E-state index in [-0.39, 0.29) is 17.5 Å². The fraction of sp³-hybridized carbons (Fsp3) is 0.200. The zero-order chi connectivity index (χ0) is 33.0. The lowest BCUT2D eigenvalue weighted by Crippen LogP contribution is -2.66. The summed E-state index contributed by atoms with van der Waals surface area (Å²) in [5.41, 5.74) is 14.8. The van der Waals surface area contributed by atoms with Crippen LogP contribution in [0, 0.1) is 0 Å². The molecule has 9 rings (SSSR count). The maximum absolute atomic E-state index is 6.93. The van der Waals surface area contributed by atoms with Gasteiger partial charge in [-0.25, -0.2) is 0 Å². The highest BCUT2D eigenvalue weighted by Crippen LogP contribution is 2.52. The highest BCUT2D eigenvalue weighted by atomic mass is 16.5. The van der Waals surface area contributed by atoms with E-state index in [4.69, 9.17) is 4.74 Å². The lowest BCUT2D eigenvalue weighted by atomic mass is 9.28. The fourth-order valence-corrected chi connectivity index (χ4v) is 8.62. The molecule has 3 heterocycles. The smallest absolute Gasteiger partial charge is 0.257 e. The molecule has 0 fully saturated rings. The van der Waals surface area contributed by atoms with Crippen molar-refractivity contribution in [2.75, 3.05) is 4.90 Å². The van der Waals surface area contributed by atoms with Crippen LogP contribution in [0.5, 0.6) is 11.5 Å². The molecule has 0 atom stereocenters. The highest BCUT2D eigenvalue weighted by Gasteiger charge is 2.54. The molecule has 3 aliphatic rings. The van der Waals surface area contributed by atoms with E-state index >= 15 is 0 Å². The van der Waals surface area contributed by atoms with Gasteiger partial charge >= 0.3 is 0 Å². The second-order valence-corrected chi connectivity index (χ2v) is 15.8. The third kappa shape index (κ3) is 3.94. The first-order chi connectivity index (χ1) is 23.1. The Morgan fingerprint density at radius 1 is 0.500 bits per heavy atom. The molecule has 0 aliphatic carbocycles. The molecule has 6 aromatic rings. The Kier molecular flexibility index (Phi) is 6.07. The Bertz CT molecular complexity index is 2170. The van der Waals surface area contributed by atoms with Gasteiger partial charge in [-0.1, -0.05) is 139 Å². The predicted molar refractivity (Wildman–Crippen MR) is 202 cm³/mol. The summed E-state index contributed by atoms with van der Waals surface area (Å²) >= 11 is 0. The highest BCUT2D eigenvalue weighted by molar-refractivity contribution is 7.00. The van der Waals surface area contributed by atoms with Crippen molar-refractivity contribution in [3.63, 3.8) is 0 Å². The Hall–Kier alpha value is -5.02. The van der Waals surface area contributed by atoms with Crippen molar-refractivity contribution >= 4 is 40.2 Å². The summed E-state index contributed by atoms with van der Waals surface area (Å²) in [5.74, 6) is 1.90. The molecule has 2 nitrogen and oxygen atoms in total. The van der Waals surface area contributed by atoms with Gasteiger partial charge in [-0.3, -0.25) is 0 Å². The minimum Gasteiger partial charge on any atom is -0.458 e. The van der Waals surface area contributed by atoms with Gasteiger partial charge in [0, 0.05) is 17.1 Å². The summed E-state index contributed by atoms with van der Waals surface area (Å²) in [7, 11) is 0. The van der Waals surface area contributed by atoms with Crippen molar-refractivity contribution in [1.82, 2.24) is 0 Å². The average Bonchev–Trinajstić information content (AvgIpc) is 3.08.